The molecule has 0 saturated carbocycles. The van der Waals surface area contributed by atoms with Gasteiger partial charge in [-0.05, 0) is 54.7 Å². The lowest BCUT2D eigenvalue weighted by atomic mass is 10.0. The zero-order chi connectivity index (χ0) is 17.9. The lowest BCUT2D eigenvalue weighted by molar-refractivity contribution is -0.126. The minimum absolute atomic E-state index is 0.0608. The van der Waals surface area contributed by atoms with Crippen molar-refractivity contribution in [2.45, 2.75) is 25.8 Å². The van der Waals surface area contributed by atoms with Gasteiger partial charge in [-0.3, -0.25) is 4.79 Å². The van der Waals surface area contributed by atoms with Crippen LogP contribution in [0.5, 0.6) is 11.5 Å². The Labute approximate surface area is 154 Å². The number of hydrogen-bond acceptors (Lipinski definition) is 3. The summed E-state index contributed by atoms with van der Waals surface area (Å²) in [4.78, 5) is 14.7. The third-order valence-corrected chi connectivity index (χ3v) is 5.08. The first-order valence-electron chi connectivity index (χ1n) is 9.16. The Morgan fingerprint density at radius 2 is 1.92 bits per heavy atom. The van der Waals surface area contributed by atoms with E-state index in [1.165, 1.54) is 5.56 Å². The first-order chi connectivity index (χ1) is 12.7. The lowest BCUT2D eigenvalue weighted by Gasteiger charge is -2.26. The Balaban J connectivity index is 1.53. The second kappa shape index (κ2) is 7.24. The molecule has 0 unspecified atom stereocenters. The van der Waals surface area contributed by atoms with E-state index in [-0.39, 0.29) is 11.9 Å². The minimum atomic E-state index is 0.0608. The smallest absolute Gasteiger partial charge is 0.247 e. The van der Waals surface area contributed by atoms with Crippen molar-refractivity contribution in [2.75, 3.05) is 19.8 Å². The molecule has 2 aromatic carbocycles. The fourth-order valence-corrected chi connectivity index (χ4v) is 3.67. The summed E-state index contributed by atoms with van der Waals surface area (Å²) in [5.41, 5.74) is 3.36. The monoisotopic (exact) mass is 349 g/mol. The van der Waals surface area contributed by atoms with Crippen molar-refractivity contribution < 1.29 is 14.3 Å². The van der Waals surface area contributed by atoms with E-state index in [0.717, 1.165) is 42.0 Å². The Kier molecular flexibility index (Phi) is 4.65. The molecule has 1 atom stereocenters. The first-order valence-corrected chi connectivity index (χ1v) is 9.16. The molecule has 0 spiro atoms. The Hall–Kier alpha value is -2.75. The SMILES string of the molecule is Cc1ccccc1/C=C/C(=O)N1CCC[C@@H]1c1ccc2c(c1)OCCO2. The van der Waals surface area contributed by atoms with Crippen LogP contribution in [0.25, 0.3) is 6.08 Å². The van der Waals surface area contributed by atoms with Crippen molar-refractivity contribution in [3.8, 4) is 11.5 Å². The summed E-state index contributed by atoms with van der Waals surface area (Å²) in [5.74, 6) is 1.63. The van der Waals surface area contributed by atoms with E-state index in [4.69, 9.17) is 9.47 Å². The number of fused-ring (bicyclic) bond motifs is 1. The van der Waals surface area contributed by atoms with Crippen molar-refractivity contribution in [2.24, 2.45) is 0 Å². The Bertz CT molecular complexity index is 843. The fraction of sp³-hybridized carbons (Fsp3) is 0.318. The van der Waals surface area contributed by atoms with Gasteiger partial charge in [0.1, 0.15) is 13.2 Å². The summed E-state index contributed by atoms with van der Waals surface area (Å²) in [6.45, 7) is 4.00. The highest BCUT2D eigenvalue weighted by Crippen LogP contribution is 2.38. The Morgan fingerprint density at radius 1 is 1.12 bits per heavy atom. The van der Waals surface area contributed by atoms with Gasteiger partial charge in [0.15, 0.2) is 11.5 Å². The number of hydrogen-bond donors (Lipinski definition) is 0. The van der Waals surface area contributed by atoms with E-state index >= 15 is 0 Å². The molecule has 0 radical (unpaired) electrons. The van der Waals surface area contributed by atoms with Gasteiger partial charge in [0.25, 0.3) is 0 Å². The van der Waals surface area contributed by atoms with Gasteiger partial charge in [0, 0.05) is 12.6 Å². The number of nitrogens with zero attached hydrogens (tertiary/aromatic N) is 1. The molecule has 134 valence electrons. The molecule has 0 aliphatic carbocycles. The van der Waals surface area contributed by atoms with Crippen LogP contribution in [0.2, 0.25) is 0 Å². The van der Waals surface area contributed by atoms with Crippen LogP contribution < -0.4 is 9.47 Å². The van der Waals surface area contributed by atoms with Crippen LogP contribution in [0.1, 0.15) is 35.6 Å². The molecule has 1 amide bonds. The molecule has 26 heavy (non-hydrogen) atoms. The second-order valence-corrected chi connectivity index (χ2v) is 6.78. The fourth-order valence-electron chi connectivity index (χ4n) is 3.67. The number of likely N-dealkylation sites (tertiary alicyclic amines) is 1. The van der Waals surface area contributed by atoms with Crippen molar-refractivity contribution in [1.82, 2.24) is 4.90 Å². The average Bonchev–Trinajstić information content (AvgIpc) is 3.17. The van der Waals surface area contributed by atoms with E-state index in [1.54, 1.807) is 6.08 Å². The summed E-state index contributed by atoms with van der Waals surface area (Å²) in [6, 6.07) is 14.2. The number of ether oxygens (including phenoxy) is 2. The Morgan fingerprint density at radius 3 is 2.77 bits per heavy atom. The number of aryl methyl sites for hydroxylation is 1. The summed E-state index contributed by atoms with van der Waals surface area (Å²) >= 11 is 0. The molecule has 4 heteroatoms. The largest absolute Gasteiger partial charge is 0.486 e. The van der Waals surface area contributed by atoms with Gasteiger partial charge in [-0.2, -0.15) is 0 Å². The highest BCUT2D eigenvalue weighted by atomic mass is 16.6. The topological polar surface area (TPSA) is 38.8 Å². The van der Waals surface area contributed by atoms with Crippen LogP contribution in [-0.4, -0.2) is 30.6 Å². The molecule has 1 saturated heterocycles. The summed E-state index contributed by atoms with van der Waals surface area (Å²) < 4.78 is 11.3. The highest BCUT2D eigenvalue weighted by molar-refractivity contribution is 5.92. The zero-order valence-corrected chi connectivity index (χ0v) is 15.0. The van der Waals surface area contributed by atoms with Gasteiger partial charge in [-0.25, -0.2) is 0 Å². The van der Waals surface area contributed by atoms with Crippen molar-refractivity contribution in [3.63, 3.8) is 0 Å². The molecule has 0 N–H and O–H groups in total. The van der Waals surface area contributed by atoms with Crippen molar-refractivity contribution in [1.29, 1.82) is 0 Å². The van der Waals surface area contributed by atoms with Crippen LogP contribution in [0.3, 0.4) is 0 Å². The molecule has 2 aromatic rings. The molecule has 2 aliphatic rings. The molecular weight excluding hydrogens is 326 g/mol. The third-order valence-electron chi connectivity index (χ3n) is 5.08. The van der Waals surface area contributed by atoms with E-state index in [1.807, 2.05) is 41.3 Å². The summed E-state index contributed by atoms with van der Waals surface area (Å²) in [7, 11) is 0. The van der Waals surface area contributed by atoms with Crippen LogP contribution in [0.15, 0.2) is 48.5 Å². The molecule has 1 fully saturated rings. The summed E-state index contributed by atoms with van der Waals surface area (Å²) in [5, 5.41) is 0. The van der Waals surface area contributed by atoms with Gasteiger partial charge < -0.3 is 14.4 Å². The maximum absolute atomic E-state index is 12.8. The van der Waals surface area contributed by atoms with Crippen molar-refractivity contribution in [3.05, 3.63) is 65.2 Å². The maximum atomic E-state index is 12.8. The molecule has 2 aliphatic heterocycles. The predicted octanol–water partition coefficient (Wildman–Crippen LogP) is 4.14. The molecule has 2 heterocycles. The highest BCUT2D eigenvalue weighted by Gasteiger charge is 2.29. The van der Waals surface area contributed by atoms with Gasteiger partial charge in [-0.1, -0.05) is 30.3 Å². The number of rotatable bonds is 3. The van der Waals surface area contributed by atoms with Crippen LogP contribution in [0.4, 0.5) is 0 Å². The number of carbonyl (C=O) groups is 1. The van der Waals surface area contributed by atoms with E-state index < -0.39 is 0 Å². The molecule has 4 rings (SSSR count). The van der Waals surface area contributed by atoms with Crippen LogP contribution in [-0.2, 0) is 4.79 Å². The quantitative estimate of drug-likeness (QED) is 0.782. The lowest BCUT2D eigenvalue weighted by Crippen LogP contribution is -2.29. The third kappa shape index (κ3) is 3.32. The van der Waals surface area contributed by atoms with Crippen molar-refractivity contribution >= 4 is 12.0 Å². The second-order valence-electron chi connectivity index (χ2n) is 6.78. The van der Waals surface area contributed by atoms with Crippen LogP contribution in [0, 0.1) is 6.92 Å². The minimum Gasteiger partial charge on any atom is -0.486 e. The number of benzene rings is 2. The van der Waals surface area contributed by atoms with Gasteiger partial charge in [0.05, 0.1) is 6.04 Å². The van der Waals surface area contributed by atoms with Gasteiger partial charge in [-0.15, -0.1) is 0 Å². The summed E-state index contributed by atoms with van der Waals surface area (Å²) in [6.07, 6.45) is 5.60. The standard InChI is InChI=1S/C22H23NO3/c1-16-5-2-3-6-17(16)9-11-22(24)23-12-4-7-19(23)18-8-10-20-21(15-18)26-14-13-25-20/h2-3,5-6,8-11,15,19H,4,7,12-14H2,1H3/b11-9+/t19-/m1/s1. The van der Waals surface area contributed by atoms with Gasteiger partial charge >= 0.3 is 0 Å². The maximum Gasteiger partial charge on any atom is 0.247 e. The zero-order valence-electron chi connectivity index (χ0n) is 15.0. The normalized spacial score (nSPS) is 19.1. The van der Waals surface area contributed by atoms with Gasteiger partial charge in [0.2, 0.25) is 5.91 Å². The van der Waals surface area contributed by atoms with E-state index in [2.05, 4.69) is 19.1 Å². The molecule has 4 nitrogen and oxygen atoms in total. The predicted molar refractivity (Wildman–Crippen MR) is 101 cm³/mol. The van der Waals surface area contributed by atoms with Crippen LogP contribution >= 0.6 is 0 Å². The average molecular weight is 349 g/mol. The van der Waals surface area contributed by atoms with E-state index in [9.17, 15) is 4.79 Å². The molecular formula is C22H23NO3. The number of carbonyl (C=O) groups excluding carboxylic acids is 1. The first kappa shape index (κ1) is 16.7. The van der Waals surface area contributed by atoms with E-state index in [0.29, 0.717) is 13.2 Å². The number of amides is 1. The molecule has 0 aromatic heterocycles. The molecule has 0 bridgehead atoms.